The molecule has 0 aromatic carbocycles. The smallest absolute Gasteiger partial charge is 0.0558 e. The van der Waals surface area contributed by atoms with Gasteiger partial charge in [0.15, 0.2) is 0 Å². The predicted octanol–water partition coefficient (Wildman–Crippen LogP) is 0.594. The number of hydrogen-bond donors (Lipinski definition) is 2. The third-order valence-electron chi connectivity index (χ3n) is 2.20. The van der Waals surface area contributed by atoms with Gasteiger partial charge in [-0.15, -0.1) is 6.58 Å². The van der Waals surface area contributed by atoms with E-state index in [4.69, 9.17) is 10.8 Å². The molecule has 3 N–H and O–H groups in total. The van der Waals surface area contributed by atoms with E-state index in [-0.39, 0.29) is 12.1 Å². The van der Waals surface area contributed by atoms with Gasteiger partial charge in [-0.1, -0.05) is 13.0 Å². The van der Waals surface area contributed by atoms with E-state index in [9.17, 15) is 0 Å². The first-order valence-electron chi connectivity index (χ1n) is 4.78. The molecule has 0 radical (unpaired) electrons. The van der Waals surface area contributed by atoms with Crippen molar-refractivity contribution in [1.29, 1.82) is 0 Å². The van der Waals surface area contributed by atoms with Crippen molar-refractivity contribution < 1.29 is 5.11 Å². The molecule has 0 aliphatic carbocycles. The first-order chi connectivity index (χ1) is 6.05. The average Bonchev–Trinajstić information content (AvgIpc) is 2.05. The van der Waals surface area contributed by atoms with E-state index < -0.39 is 0 Å². The van der Waals surface area contributed by atoms with Gasteiger partial charge in [0.05, 0.1) is 6.61 Å². The molecular weight excluding hydrogens is 164 g/mol. The number of aliphatic hydroxyl groups excluding tert-OH is 1. The minimum absolute atomic E-state index is 0.168. The number of nitrogens with zero attached hydrogens (tertiary/aromatic N) is 1. The summed E-state index contributed by atoms with van der Waals surface area (Å²) in [6.07, 6.45) is 2.77. The molecule has 3 nitrogen and oxygen atoms in total. The molecule has 0 aliphatic rings. The Morgan fingerprint density at radius 2 is 2.23 bits per heavy atom. The topological polar surface area (TPSA) is 49.5 Å². The minimum Gasteiger partial charge on any atom is -0.395 e. The Balaban J connectivity index is 3.99. The van der Waals surface area contributed by atoms with Crippen LogP contribution >= 0.6 is 0 Å². The van der Waals surface area contributed by atoms with Crippen molar-refractivity contribution >= 4 is 0 Å². The van der Waals surface area contributed by atoms with Crippen LogP contribution < -0.4 is 5.73 Å². The summed E-state index contributed by atoms with van der Waals surface area (Å²) in [4.78, 5) is 2.11. The maximum absolute atomic E-state index is 8.82. The van der Waals surface area contributed by atoms with Gasteiger partial charge in [0, 0.05) is 25.2 Å². The number of nitrogens with two attached hydrogens (primary N) is 1. The molecule has 0 aromatic heterocycles. The van der Waals surface area contributed by atoms with Crippen molar-refractivity contribution in [3.05, 3.63) is 12.7 Å². The van der Waals surface area contributed by atoms with Crippen molar-refractivity contribution in [1.82, 2.24) is 4.90 Å². The summed E-state index contributed by atoms with van der Waals surface area (Å²) in [6.45, 7) is 10.2. The SMILES string of the molecule is C=CCN(CCO)CC(C)(N)CC. The van der Waals surface area contributed by atoms with Crippen LogP contribution in [0.25, 0.3) is 0 Å². The Labute approximate surface area is 81.2 Å². The highest BCUT2D eigenvalue weighted by molar-refractivity contribution is 4.84. The fourth-order valence-corrected chi connectivity index (χ4v) is 1.18. The summed E-state index contributed by atoms with van der Waals surface area (Å²) in [7, 11) is 0. The van der Waals surface area contributed by atoms with Gasteiger partial charge in [0.2, 0.25) is 0 Å². The largest absolute Gasteiger partial charge is 0.395 e. The van der Waals surface area contributed by atoms with Gasteiger partial charge in [-0.3, -0.25) is 4.90 Å². The standard InChI is InChI=1S/C10H22N2O/c1-4-6-12(7-8-13)9-10(3,11)5-2/h4,13H,1,5-9,11H2,2-3H3. The second-order valence-corrected chi connectivity index (χ2v) is 3.75. The van der Waals surface area contributed by atoms with Crippen LogP contribution in [0.4, 0.5) is 0 Å². The van der Waals surface area contributed by atoms with Crippen LogP contribution in [0.5, 0.6) is 0 Å². The predicted molar refractivity (Wildman–Crippen MR) is 56.6 cm³/mol. The van der Waals surface area contributed by atoms with Gasteiger partial charge in [0.25, 0.3) is 0 Å². The molecular formula is C10H22N2O. The quantitative estimate of drug-likeness (QED) is 0.572. The van der Waals surface area contributed by atoms with E-state index in [1.165, 1.54) is 0 Å². The van der Waals surface area contributed by atoms with Crippen LogP contribution in [0.2, 0.25) is 0 Å². The van der Waals surface area contributed by atoms with Crippen LogP contribution in [-0.2, 0) is 0 Å². The van der Waals surface area contributed by atoms with Crippen LogP contribution in [0.15, 0.2) is 12.7 Å². The molecule has 78 valence electrons. The van der Waals surface area contributed by atoms with E-state index in [0.717, 1.165) is 19.5 Å². The molecule has 0 fully saturated rings. The summed E-state index contributed by atoms with van der Waals surface area (Å²) in [5.74, 6) is 0. The normalized spacial score (nSPS) is 15.8. The van der Waals surface area contributed by atoms with Gasteiger partial charge in [-0.05, 0) is 13.3 Å². The molecule has 0 aliphatic heterocycles. The Morgan fingerprint density at radius 1 is 1.62 bits per heavy atom. The highest BCUT2D eigenvalue weighted by atomic mass is 16.3. The first-order valence-corrected chi connectivity index (χ1v) is 4.78. The third kappa shape index (κ3) is 5.80. The molecule has 0 heterocycles. The molecule has 3 heteroatoms. The lowest BCUT2D eigenvalue weighted by Crippen LogP contribution is -2.48. The zero-order valence-corrected chi connectivity index (χ0v) is 8.79. The zero-order valence-electron chi connectivity index (χ0n) is 8.79. The maximum atomic E-state index is 8.82. The molecule has 13 heavy (non-hydrogen) atoms. The first kappa shape index (κ1) is 12.6. The Bertz CT molecular complexity index is 146. The molecule has 0 saturated heterocycles. The highest BCUT2D eigenvalue weighted by Crippen LogP contribution is 2.07. The highest BCUT2D eigenvalue weighted by Gasteiger charge is 2.18. The third-order valence-corrected chi connectivity index (χ3v) is 2.20. The molecule has 0 saturated carbocycles. The second-order valence-electron chi connectivity index (χ2n) is 3.75. The Kier molecular flexibility index (Phi) is 5.95. The van der Waals surface area contributed by atoms with Crippen LogP contribution in [0.1, 0.15) is 20.3 Å². The minimum atomic E-state index is -0.168. The van der Waals surface area contributed by atoms with Crippen molar-refractivity contribution in [3.8, 4) is 0 Å². The monoisotopic (exact) mass is 186 g/mol. The molecule has 1 unspecified atom stereocenters. The second kappa shape index (κ2) is 6.13. The number of rotatable bonds is 7. The lowest BCUT2D eigenvalue weighted by Gasteiger charge is -2.30. The lowest BCUT2D eigenvalue weighted by molar-refractivity contribution is 0.179. The molecule has 1 atom stereocenters. The van der Waals surface area contributed by atoms with Gasteiger partial charge < -0.3 is 10.8 Å². The van der Waals surface area contributed by atoms with Gasteiger partial charge in [0.1, 0.15) is 0 Å². The van der Waals surface area contributed by atoms with Crippen LogP contribution in [0.3, 0.4) is 0 Å². The van der Waals surface area contributed by atoms with Crippen molar-refractivity contribution in [2.75, 3.05) is 26.2 Å². The molecule has 0 bridgehead atoms. The molecule has 0 aromatic rings. The van der Waals surface area contributed by atoms with E-state index in [0.29, 0.717) is 6.54 Å². The van der Waals surface area contributed by atoms with E-state index >= 15 is 0 Å². The fraction of sp³-hybridized carbons (Fsp3) is 0.800. The van der Waals surface area contributed by atoms with E-state index in [2.05, 4.69) is 18.4 Å². The molecule has 0 spiro atoms. The zero-order chi connectivity index (χ0) is 10.3. The fourth-order valence-electron chi connectivity index (χ4n) is 1.18. The summed E-state index contributed by atoms with van der Waals surface area (Å²) < 4.78 is 0. The van der Waals surface area contributed by atoms with Gasteiger partial charge >= 0.3 is 0 Å². The maximum Gasteiger partial charge on any atom is 0.0558 e. The molecule has 0 rings (SSSR count). The van der Waals surface area contributed by atoms with Crippen LogP contribution in [-0.4, -0.2) is 41.8 Å². The van der Waals surface area contributed by atoms with E-state index in [1.54, 1.807) is 0 Å². The van der Waals surface area contributed by atoms with Crippen molar-refractivity contribution in [2.45, 2.75) is 25.8 Å². The van der Waals surface area contributed by atoms with Gasteiger partial charge in [-0.2, -0.15) is 0 Å². The van der Waals surface area contributed by atoms with Gasteiger partial charge in [-0.25, -0.2) is 0 Å². The summed E-state index contributed by atoms with van der Waals surface area (Å²) in [5, 5.41) is 8.82. The summed E-state index contributed by atoms with van der Waals surface area (Å²) in [6, 6.07) is 0. The summed E-state index contributed by atoms with van der Waals surface area (Å²) in [5.41, 5.74) is 5.85. The van der Waals surface area contributed by atoms with E-state index in [1.807, 2.05) is 13.0 Å². The average molecular weight is 186 g/mol. The Morgan fingerprint density at radius 3 is 2.62 bits per heavy atom. The number of hydrogen-bond acceptors (Lipinski definition) is 3. The Hall–Kier alpha value is -0.380. The summed E-state index contributed by atoms with van der Waals surface area (Å²) >= 11 is 0. The lowest BCUT2D eigenvalue weighted by atomic mass is 10.00. The number of aliphatic hydroxyl groups is 1. The molecule has 0 amide bonds. The van der Waals surface area contributed by atoms with Crippen LogP contribution in [0, 0.1) is 0 Å². The van der Waals surface area contributed by atoms with Crippen molar-refractivity contribution in [2.24, 2.45) is 5.73 Å². The van der Waals surface area contributed by atoms with Crippen molar-refractivity contribution in [3.63, 3.8) is 0 Å².